The summed E-state index contributed by atoms with van der Waals surface area (Å²) in [5.74, 6) is 0.0951. The Morgan fingerprint density at radius 3 is 2.73 bits per heavy atom. The Morgan fingerprint density at radius 1 is 1.36 bits per heavy atom. The van der Waals surface area contributed by atoms with Gasteiger partial charge in [0.2, 0.25) is 0 Å². The van der Waals surface area contributed by atoms with Crippen molar-refractivity contribution in [2.75, 3.05) is 6.61 Å². The number of aliphatic hydroxyl groups is 3. The summed E-state index contributed by atoms with van der Waals surface area (Å²) in [5.41, 5.74) is -1.47. The van der Waals surface area contributed by atoms with Crippen molar-refractivity contribution in [2.24, 2.45) is 0 Å². The van der Waals surface area contributed by atoms with Crippen molar-refractivity contribution in [3.05, 3.63) is 33.7 Å². The van der Waals surface area contributed by atoms with Gasteiger partial charge in [0.05, 0.1) is 6.61 Å². The number of fused-ring (bicyclic) bond motifs is 2. The molecular weight excluding hydrogens is 292 g/mol. The van der Waals surface area contributed by atoms with Gasteiger partial charge in [0, 0.05) is 24.1 Å². The normalized spacial score (nSPS) is 19.7. The zero-order valence-corrected chi connectivity index (χ0v) is 11.9. The van der Waals surface area contributed by atoms with E-state index in [1.807, 2.05) is 0 Å². The molecular formula is C15H16O7. The third kappa shape index (κ3) is 2.14. The van der Waals surface area contributed by atoms with Gasteiger partial charge in [0.15, 0.2) is 5.43 Å². The van der Waals surface area contributed by atoms with Crippen molar-refractivity contribution in [3.63, 3.8) is 0 Å². The van der Waals surface area contributed by atoms with Crippen molar-refractivity contribution in [1.29, 1.82) is 0 Å². The van der Waals surface area contributed by atoms with Gasteiger partial charge in [-0.15, -0.1) is 0 Å². The van der Waals surface area contributed by atoms with E-state index in [2.05, 4.69) is 0 Å². The smallest absolute Gasteiger partial charge is 0.196 e. The Bertz CT molecular complexity index is 791. The van der Waals surface area contributed by atoms with E-state index >= 15 is 0 Å². The summed E-state index contributed by atoms with van der Waals surface area (Å²) in [6.45, 7) is 0.483. The van der Waals surface area contributed by atoms with Gasteiger partial charge in [0.25, 0.3) is 0 Å². The molecule has 7 nitrogen and oxygen atoms in total. The second kappa shape index (κ2) is 4.98. The zero-order chi connectivity index (χ0) is 16.1. The molecule has 1 aliphatic rings. The predicted octanol–water partition coefficient (Wildman–Crippen LogP) is 0.0377. The summed E-state index contributed by atoms with van der Waals surface area (Å²) in [4.78, 5) is 12.1. The van der Waals surface area contributed by atoms with Crippen molar-refractivity contribution in [3.8, 4) is 11.5 Å². The van der Waals surface area contributed by atoms with Gasteiger partial charge in [-0.05, 0) is 6.92 Å². The first-order chi connectivity index (χ1) is 10.4. The van der Waals surface area contributed by atoms with Crippen LogP contribution in [0.4, 0.5) is 0 Å². The SMILES string of the molecule is CC(O)(CO)[C@@H]1Cc2c(cc3oc(CO)cc(=O)c3c2O)O1. The standard InChI is InChI=1S/C15H16O7/c1-15(20,6-17)12-3-8-10(22-12)4-11-13(14(8)19)9(18)2-7(5-16)21-11/h2,4,12,16-17,19-20H,3,5-6H2,1H3/t12-,15?/m0/s1. The van der Waals surface area contributed by atoms with Gasteiger partial charge in [-0.25, -0.2) is 0 Å². The number of hydrogen-bond acceptors (Lipinski definition) is 7. The van der Waals surface area contributed by atoms with Crippen LogP contribution >= 0.6 is 0 Å². The molecule has 0 saturated carbocycles. The topological polar surface area (TPSA) is 120 Å². The minimum Gasteiger partial charge on any atom is -0.507 e. The molecule has 0 radical (unpaired) electrons. The largest absolute Gasteiger partial charge is 0.507 e. The number of benzene rings is 1. The van der Waals surface area contributed by atoms with Crippen LogP contribution in [0.25, 0.3) is 11.0 Å². The fourth-order valence-corrected chi connectivity index (χ4v) is 2.58. The molecule has 0 aliphatic carbocycles. The molecule has 0 spiro atoms. The summed E-state index contributed by atoms with van der Waals surface area (Å²) in [5, 5.41) is 38.7. The molecule has 2 heterocycles. The van der Waals surface area contributed by atoms with Gasteiger partial charge >= 0.3 is 0 Å². The van der Waals surface area contributed by atoms with E-state index < -0.39 is 30.3 Å². The molecule has 22 heavy (non-hydrogen) atoms. The Hall–Kier alpha value is -2.09. The molecule has 4 N–H and O–H groups in total. The van der Waals surface area contributed by atoms with Crippen LogP contribution in [0.3, 0.4) is 0 Å². The van der Waals surface area contributed by atoms with Crippen LogP contribution in [0.15, 0.2) is 21.3 Å². The lowest BCUT2D eigenvalue weighted by molar-refractivity contribution is -0.0729. The Morgan fingerprint density at radius 2 is 2.09 bits per heavy atom. The van der Waals surface area contributed by atoms with E-state index in [4.69, 9.17) is 14.3 Å². The molecule has 0 saturated heterocycles. The highest BCUT2D eigenvalue weighted by molar-refractivity contribution is 5.87. The van der Waals surface area contributed by atoms with Crippen LogP contribution in [0.5, 0.6) is 11.5 Å². The summed E-state index contributed by atoms with van der Waals surface area (Å²) >= 11 is 0. The molecule has 0 amide bonds. The van der Waals surface area contributed by atoms with Crippen LogP contribution < -0.4 is 10.2 Å². The number of hydrogen-bond donors (Lipinski definition) is 4. The molecule has 2 aromatic rings. The van der Waals surface area contributed by atoms with Crippen LogP contribution in [-0.4, -0.2) is 38.7 Å². The first-order valence-electron chi connectivity index (χ1n) is 6.79. The highest BCUT2D eigenvalue weighted by Crippen LogP contribution is 2.42. The molecule has 7 heteroatoms. The third-order valence-electron chi connectivity index (χ3n) is 3.94. The van der Waals surface area contributed by atoms with E-state index in [1.54, 1.807) is 0 Å². The molecule has 1 aromatic carbocycles. The fourth-order valence-electron chi connectivity index (χ4n) is 2.58. The quantitative estimate of drug-likeness (QED) is 0.631. The van der Waals surface area contributed by atoms with Gasteiger partial charge in [0.1, 0.15) is 46.5 Å². The number of aromatic hydroxyl groups is 1. The molecule has 0 fully saturated rings. The van der Waals surface area contributed by atoms with Crippen molar-refractivity contribution in [1.82, 2.24) is 0 Å². The molecule has 3 rings (SSSR count). The van der Waals surface area contributed by atoms with Crippen LogP contribution in [0, 0.1) is 0 Å². The molecule has 118 valence electrons. The van der Waals surface area contributed by atoms with Crippen LogP contribution in [0.2, 0.25) is 0 Å². The second-order valence-electron chi connectivity index (χ2n) is 5.64. The lowest BCUT2D eigenvalue weighted by Gasteiger charge is -2.26. The summed E-state index contributed by atoms with van der Waals surface area (Å²) in [6.07, 6.45) is -0.589. The lowest BCUT2D eigenvalue weighted by atomic mass is 9.95. The predicted molar refractivity (Wildman–Crippen MR) is 75.9 cm³/mol. The number of rotatable bonds is 3. The van der Waals surface area contributed by atoms with E-state index in [9.17, 15) is 20.1 Å². The van der Waals surface area contributed by atoms with Gasteiger partial charge in [-0.1, -0.05) is 0 Å². The maximum absolute atomic E-state index is 12.1. The van der Waals surface area contributed by atoms with E-state index in [0.717, 1.165) is 6.07 Å². The number of phenols is 1. The highest BCUT2D eigenvalue weighted by atomic mass is 16.5. The minimum atomic E-state index is -1.48. The second-order valence-corrected chi connectivity index (χ2v) is 5.64. The number of ether oxygens (including phenoxy) is 1. The Kier molecular flexibility index (Phi) is 3.36. The summed E-state index contributed by atoms with van der Waals surface area (Å²) in [6, 6.07) is 2.56. The molecule has 1 aromatic heterocycles. The first kappa shape index (κ1) is 14.8. The molecule has 1 aliphatic heterocycles. The maximum Gasteiger partial charge on any atom is 0.196 e. The third-order valence-corrected chi connectivity index (χ3v) is 3.94. The molecule has 2 atom stereocenters. The zero-order valence-electron chi connectivity index (χ0n) is 11.9. The van der Waals surface area contributed by atoms with Gasteiger partial charge < -0.3 is 29.6 Å². The van der Waals surface area contributed by atoms with E-state index in [1.165, 1.54) is 13.0 Å². The molecule has 1 unspecified atom stereocenters. The van der Waals surface area contributed by atoms with E-state index in [0.29, 0.717) is 5.56 Å². The number of phenolic OH excluding ortho intramolecular Hbond substituents is 1. The minimum absolute atomic E-state index is 0.00356. The Balaban J connectivity index is 2.16. The Labute approximate surface area is 125 Å². The van der Waals surface area contributed by atoms with Crippen LogP contribution in [-0.2, 0) is 13.0 Å². The monoisotopic (exact) mass is 308 g/mol. The number of aliphatic hydroxyl groups excluding tert-OH is 2. The fraction of sp³-hybridized carbons (Fsp3) is 0.400. The van der Waals surface area contributed by atoms with Crippen molar-refractivity contribution in [2.45, 2.75) is 31.7 Å². The van der Waals surface area contributed by atoms with E-state index in [-0.39, 0.29) is 34.6 Å². The van der Waals surface area contributed by atoms with Crippen molar-refractivity contribution < 1.29 is 29.6 Å². The maximum atomic E-state index is 12.1. The average Bonchev–Trinajstić information content (AvgIpc) is 2.91. The molecule has 0 bridgehead atoms. The lowest BCUT2D eigenvalue weighted by Crippen LogP contribution is -2.45. The van der Waals surface area contributed by atoms with Crippen LogP contribution in [0.1, 0.15) is 18.2 Å². The van der Waals surface area contributed by atoms with Gasteiger partial charge in [-0.3, -0.25) is 4.79 Å². The summed E-state index contributed by atoms with van der Waals surface area (Å²) < 4.78 is 10.9. The first-order valence-corrected chi connectivity index (χ1v) is 6.79. The average molecular weight is 308 g/mol. The summed E-state index contributed by atoms with van der Waals surface area (Å²) in [7, 11) is 0. The van der Waals surface area contributed by atoms with Crippen molar-refractivity contribution >= 4 is 11.0 Å². The highest BCUT2D eigenvalue weighted by Gasteiger charge is 2.40. The van der Waals surface area contributed by atoms with Gasteiger partial charge in [-0.2, -0.15) is 0 Å².